The molecule has 1 aliphatic rings. The lowest BCUT2D eigenvalue weighted by atomic mass is 10.2. The molecule has 12 heteroatoms. The molecule has 0 radical (unpaired) electrons. The summed E-state index contributed by atoms with van der Waals surface area (Å²) >= 11 is 6.54. The number of aromatic nitrogens is 3. The Labute approximate surface area is 216 Å². The molecule has 1 saturated heterocycles. The Morgan fingerprint density at radius 2 is 1.75 bits per heavy atom. The van der Waals surface area contributed by atoms with Crippen molar-refractivity contribution in [1.29, 1.82) is 0 Å². The van der Waals surface area contributed by atoms with Gasteiger partial charge in [0.25, 0.3) is 0 Å². The van der Waals surface area contributed by atoms with Gasteiger partial charge >= 0.3 is 12.2 Å². The smallest absolute Gasteiger partial charge is 0.410 e. The summed E-state index contributed by atoms with van der Waals surface area (Å²) in [7, 11) is 0. The maximum atomic E-state index is 12.3. The van der Waals surface area contributed by atoms with Crippen LogP contribution < -0.4 is 10.2 Å². The zero-order valence-corrected chi connectivity index (χ0v) is 22.5. The van der Waals surface area contributed by atoms with Crippen LogP contribution in [0, 0.1) is 0 Å². The molecule has 0 spiro atoms. The first-order chi connectivity index (χ1) is 16.8. The molecule has 0 saturated carbocycles. The van der Waals surface area contributed by atoms with Gasteiger partial charge in [0.15, 0.2) is 0 Å². The summed E-state index contributed by atoms with van der Waals surface area (Å²) in [6.45, 7) is 13.6. The first-order valence-corrected chi connectivity index (χ1v) is 12.4. The first-order valence-electron chi connectivity index (χ1n) is 12.0. The van der Waals surface area contributed by atoms with Crippen molar-refractivity contribution in [1.82, 2.24) is 25.3 Å². The number of alkyl carbamates (subject to hydrolysis) is 1. The number of hydrogen-bond donors (Lipinski definition) is 1. The Morgan fingerprint density at radius 3 is 2.36 bits per heavy atom. The number of pyridine rings is 1. The number of rotatable bonds is 6. The number of nitrogens with zero attached hydrogens (tertiary/aromatic N) is 5. The van der Waals surface area contributed by atoms with Gasteiger partial charge in [0, 0.05) is 50.9 Å². The van der Waals surface area contributed by atoms with E-state index in [2.05, 4.69) is 20.4 Å². The number of hydrogen-bond acceptors (Lipinski definition) is 9. The van der Waals surface area contributed by atoms with Crippen molar-refractivity contribution >= 4 is 29.6 Å². The molecule has 0 atom stereocenters. The van der Waals surface area contributed by atoms with Gasteiger partial charge in [-0.15, -0.1) is 0 Å². The fourth-order valence-electron chi connectivity index (χ4n) is 3.43. The Morgan fingerprint density at radius 1 is 1.08 bits per heavy atom. The van der Waals surface area contributed by atoms with Crippen LogP contribution in [-0.2, 0) is 15.9 Å². The summed E-state index contributed by atoms with van der Waals surface area (Å²) in [6, 6.07) is 1.75. The Bertz CT molecular complexity index is 1050. The minimum Gasteiger partial charge on any atom is -0.444 e. The molecule has 3 heterocycles. The number of nitrogens with one attached hydrogen (secondary N) is 1. The normalized spacial score (nSPS) is 14.5. The van der Waals surface area contributed by atoms with Gasteiger partial charge in [0.1, 0.15) is 17.0 Å². The number of halogens is 1. The van der Waals surface area contributed by atoms with Crippen LogP contribution in [0.3, 0.4) is 0 Å². The minimum atomic E-state index is -0.537. The lowest BCUT2D eigenvalue weighted by Crippen LogP contribution is -2.50. The maximum absolute atomic E-state index is 12.3. The van der Waals surface area contributed by atoms with Crippen LogP contribution in [0.25, 0.3) is 11.4 Å². The van der Waals surface area contributed by atoms with Crippen molar-refractivity contribution in [3.63, 3.8) is 0 Å². The van der Waals surface area contributed by atoms with E-state index in [9.17, 15) is 9.59 Å². The van der Waals surface area contributed by atoms with E-state index in [1.54, 1.807) is 17.2 Å². The number of piperazine rings is 1. The van der Waals surface area contributed by atoms with Gasteiger partial charge in [-0.05, 0) is 54.0 Å². The van der Waals surface area contributed by atoms with E-state index in [1.165, 1.54) is 0 Å². The van der Waals surface area contributed by atoms with E-state index in [0.29, 0.717) is 73.7 Å². The highest BCUT2D eigenvalue weighted by Crippen LogP contribution is 2.28. The number of ether oxygens (including phenoxy) is 2. The summed E-state index contributed by atoms with van der Waals surface area (Å²) in [5.41, 5.74) is -0.427. The zero-order chi connectivity index (χ0) is 26.5. The zero-order valence-electron chi connectivity index (χ0n) is 21.8. The lowest BCUT2D eigenvalue weighted by molar-refractivity contribution is 0.0240. The third kappa shape index (κ3) is 8.25. The average molecular weight is 523 g/mol. The van der Waals surface area contributed by atoms with Crippen LogP contribution in [0.15, 0.2) is 16.8 Å². The highest BCUT2D eigenvalue weighted by atomic mass is 35.5. The van der Waals surface area contributed by atoms with E-state index in [0.717, 1.165) is 0 Å². The molecule has 0 aliphatic carbocycles. The van der Waals surface area contributed by atoms with Gasteiger partial charge in [0.2, 0.25) is 11.7 Å². The predicted octanol–water partition coefficient (Wildman–Crippen LogP) is 4.30. The number of carbonyl (C=O) groups is 2. The quantitative estimate of drug-likeness (QED) is 0.553. The molecule has 3 rings (SSSR count). The molecule has 198 valence electrons. The largest absolute Gasteiger partial charge is 0.444 e. The van der Waals surface area contributed by atoms with Crippen LogP contribution in [0.2, 0.25) is 5.02 Å². The molecule has 2 aromatic rings. The Hall–Kier alpha value is -3.08. The number of aryl methyl sites for hydroxylation is 1. The van der Waals surface area contributed by atoms with Gasteiger partial charge in [-0.25, -0.2) is 14.6 Å². The van der Waals surface area contributed by atoms with Gasteiger partial charge < -0.3 is 29.1 Å². The average Bonchev–Trinajstić information content (AvgIpc) is 3.23. The Kier molecular flexibility index (Phi) is 8.65. The summed E-state index contributed by atoms with van der Waals surface area (Å²) in [5.74, 6) is 1.48. The van der Waals surface area contributed by atoms with Crippen LogP contribution in [-0.4, -0.2) is 76.1 Å². The maximum Gasteiger partial charge on any atom is 0.410 e. The van der Waals surface area contributed by atoms with Crippen molar-refractivity contribution in [2.24, 2.45) is 0 Å². The summed E-state index contributed by atoms with van der Waals surface area (Å²) in [5, 5.41) is 7.19. The van der Waals surface area contributed by atoms with Crippen molar-refractivity contribution in [3.8, 4) is 11.4 Å². The fraction of sp³-hybridized carbons (Fsp3) is 0.625. The van der Waals surface area contributed by atoms with Gasteiger partial charge in [0.05, 0.1) is 5.02 Å². The molecule has 36 heavy (non-hydrogen) atoms. The Balaban J connectivity index is 1.50. The second-order valence-electron chi connectivity index (χ2n) is 10.5. The van der Waals surface area contributed by atoms with Crippen LogP contribution in [0.5, 0.6) is 0 Å². The van der Waals surface area contributed by atoms with Crippen molar-refractivity contribution in [2.75, 3.05) is 37.6 Å². The van der Waals surface area contributed by atoms with Crippen LogP contribution in [0.1, 0.15) is 53.9 Å². The van der Waals surface area contributed by atoms with E-state index in [1.807, 2.05) is 46.4 Å². The number of amides is 2. The van der Waals surface area contributed by atoms with Gasteiger partial charge in [-0.3, -0.25) is 0 Å². The molecule has 1 fully saturated rings. The van der Waals surface area contributed by atoms with Gasteiger partial charge in [-0.1, -0.05) is 16.8 Å². The second-order valence-corrected chi connectivity index (χ2v) is 10.9. The molecule has 2 aromatic heterocycles. The van der Waals surface area contributed by atoms with Crippen molar-refractivity contribution < 1.29 is 23.6 Å². The van der Waals surface area contributed by atoms with E-state index >= 15 is 0 Å². The molecular weight excluding hydrogens is 488 g/mol. The summed E-state index contributed by atoms with van der Waals surface area (Å²) < 4.78 is 16.0. The molecule has 11 nitrogen and oxygen atoms in total. The third-order valence-electron chi connectivity index (χ3n) is 5.01. The summed E-state index contributed by atoms with van der Waals surface area (Å²) in [4.78, 5) is 36.6. The van der Waals surface area contributed by atoms with Crippen LogP contribution in [0.4, 0.5) is 15.4 Å². The number of anilines is 1. The van der Waals surface area contributed by atoms with Crippen molar-refractivity contribution in [2.45, 2.75) is 65.6 Å². The number of carbonyl (C=O) groups excluding carboxylic acids is 2. The minimum absolute atomic E-state index is 0.315. The van der Waals surface area contributed by atoms with Gasteiger partial charge in [-0.2, -0.15) is 4.98 Å². The van der Waals surface area contributed by atoms with E-state index in [-0.39, 0.29) is 6.09 Å². The molecule has 0 aromatic carbocycles. The van der Waals surface area contributed by atoms with E-state index in [4.69, 9.17) is 25.6 Å². The third-order valence-corrected chi connectivity index (χ3v) is 5.29. The topological polar surface area (TPSA) is 123 Å². The monoisotopic (exact) mass is 522 g/mol. The molecule has 0 bridgehead atoms. The highest BCUT2D eigenvalue weighted by Gasteiger charge is 2.27. The van der Waals surface area contributed by atoms with Crippen molar-refractivity contribution in [3.05, 3.63) is 23.2 Å². The second kappa shape index (κ2) is 11.3. The summed E-state index contributed by atoms with van der Waals surface area (Å²) in [6.07, 6.45) is 2.00. The molecule has 2 amide bonds. The van der Waals surface area contributed by atoms with E-state index < -0.39 is 17.3 Å². The van der Waals surface area contributed by atoms with Crippen LogP contribution >= 0.6 is 11.6 Å². The lowest BCUT2D eigenvalue weighted by Gasteiger charge is -2.36. The predicted molar refractivity (Wildman–Crippen MR) is 135 cm³/mol. The highest BCUT2D eigenvalue weighted by molar-refractivity contribution is 6.33. The standard InChI is InChI=1S/C24H35ClN6O5/c1-23(2,3)34-21(32)26-9-7-8-18-28-19(29-36-18)16-14-17(25)20(27-15-16)30-10-12-31(13-11-30)22(33)35-24(4,5)6/h14-15H,7-13H2,1-6H3,(H,26,32). The fourth-order valence-corrected chi connectivity index (χ4v) is 3.72. The molecule has 1 N–H and O–H groups in total. The SMILES string of the molecule is CC(C)(C)OC(=O)NCCCc1nc(-c2cnc(N3CCN(C(=O)OC(C)(C)C)CC3)c(Cl)c2)no1. The molecule has 1 aliphatic heterocycles. The molecule has 0 unspecified atom stereocenters. The first kappa shape index (κ1) is 27.5. The molecular formula is C24H35ClN6O5.